The Kier molecular flexibility index (Phi) is 7.83. The first-order valence-electron chi connectivity index (χ1n) is 12.6. The summed E-state index contributed by atoms with van der Waals surface area (Å²) >= 11 is 0. The number of imidazole rings is 1. The largest absolute Gasteiger partial charge is 0.443 e. The van der Waals surface area contributed by atoms with Gasteiger partial charge in [-0.1, -0.05) is 6.07 Å². The molecular weight excluding hydrogens is 501 g/mol. The Morgan fingerprint density at radius 3 is 1.90 bits per heavy atom. The molecule has 11 nitrogen and oxygen atoms in total. The fraction of sp³-hybridized carbons (Fsp3) is 0.481. The van der Waals surface area contributed by atoms with Crippen LogP contribution in [0.1, 0.15) is 67.9 Å². The number of amides is 2. The minimum Gasteiger partial charge on any atom is -0.443 e. The van der Waals surface area contributed by atoms with Crippen LogP contribution in [-0.4, -0.2) is 62.4 Å². The van der Waals surface area contributed by atoms with Crippen LogP contribution in [0, 0.1) is 6.92 Å². The maximum Gasteiger partial charge on any atom is 0.425 e. The Bertz CT molecular complexity index is 1400. The van der Waals surface area contributed by atoms with Crippen molar-refractivity contribution < 1.29 is 28.6 Å². The fourth-order valence-electron chi connectivity index (χ4n) is 3.48. The van der Waals surface area contributed by atoms with Crippen LogP contribution in [0.4, 0.5) is 20.2 Å². The van der Waals surface area contributed by atoms with E-state index in [9.17, 15) is 14.4 Å². The quantitative estimate of drug-likeness (QED) is 0.343. The number of aryl methyl sites for hydroxylation is 1. The number of anilines is 1. The van der Waals surface area contributed by atoms with Gasteiger partial charge in [-0.2, -0.15) is 4.90 Å². The maximum absolute atomic E-state index is 13.5. The van der Waals surface area contributed by atoms with Gasteiger partial charge in [-0.25, -0.2) is 28.9 Å². The number of hydrogen-bond acceptors (Lipinski definition) is 9. The second-order valence-electron chi connectivity index (χ2n) is 12.2. The van der Waals surface area contributed by atoms with E-state index in [0.29, 0.717) is 21.5 Å². The molecule has 0 saturated carbocycles. The van der Waals surface area contributed by atoms with Gasteiger partial charge in [0.05, 0.1) is 11.0 Å². The monoisotopic (exact) mass is 537 g/mol. The van der Waals surface area contributed by atoms with Gasteiger partial charge in [-0.15, -0.1) is 0 Å². The third-order valence-corrected chi connectivity index (χ3v) is 4.84. The summed E-state index contributed by atoms with van der Waals surface area (Å²) in [5, 5.41) is 0. The van der Waals surface area contributed by atoms with Crippen LogP contribution in [0.15, 0.2) is 24.4 Å². The van der Waals surface area contributed by atoms with Gasteiger partial charge in [-0.3, -0.25) is 4.98 Å². The van der Waals surface area contributed by atoms with Gasteiger partial charge >= 0.3 is 18.3 Å². The van der Waals surface area contributed by atoms with Crippen molar-refractivity contribution in [2.24, 2.45) is 0 Å². The minimum absolute atomic E-state index is 0.00793. The van der Waals surface area contributed by atoms with Crippen molar-refractivity contribution in [2.75, 3.05) is 4.90 Å². The first-order chi connectivity index (χ1) is 17.8. The number of ether oxygens (including phenoxy) is 3. The van der Waals surface area contributed by atoms with Crippen LogP contribution in [-0.2, 0) is 14.2 Å². The van der Waals surface area contributed by atoms with E-state index >= 15 is 0 Å². The lowest BCUT2D eigenvalue weighted by Gasteiger charge is -2.28. The van der Waals surface area contributed by atoms with Crippen molar-refractivity contribution in [3.05, 3.63) is 30.0 Å². The molecule has 0 aliphatic heterocycles. The minimum atomic E-state index is -1.02. The molecule has 39 heavy (non-hydrogen) atoms. The Hall–Kier alpha value is -3.96. The number of carbonyl (C=O) groups excluding carboxylic acids is 3. The van der Waals surface area contributed by atoms with E-state index in [4.69, 9.17) is 14.2 Å². The van der Waals surface area contributed by atoms with E-state index in [1.807, 2.05) is 13.0 Å². The molecule has 208 valence electrons. The Labute approximate surface area is 229 Å². The lowest BCUT2D eigenvalue weighted by atomic mass is 10.1. The summed E-state index contributed by atoms with van der Waals surface area (Å²) in [4.78, 5) is 54.6. The summed E-state index contributed by atoms with van der Waals surface area (Å²) in [6, 6.07) is 5.41. The Morgan fingerprint density at radius 1 is 0.846 bits per heavy atom. The topological polar surface area (TPSA) is 126 Å². The molecule has 0 spiro atoms. The highest BCUT2D eigenvalue weighted by atomic mass is 16.6. The van der Waals surface area contributed by atoms with Crippen molar-refractivity contribution in [1.82, 2.24) is 19.5 Å². The van der Waals surface area contributed by atoms with Gasteiger partial charge in [0.15, 0.2) is 19.5 Å². The molecule has 2 aromatic heterocycles. The number of hydrogen-bond donors (Lipinski definition) is 0. The zero-order chi connectivity index (χ0) is 29.5. The average Bonchev–Trinajstić information content (AvgIpc) is 3.09. The van der Waals surface area contributed by atoms with Crippen LogP contribution >= 0.6 is 0 Å². The van der Waals surface area contributed by atoms with Crippen molar-refractivity contribution >= 4 is 48.6 Å². The summed E-state index contributed by atoms with van der Waals surface area (Å²) in [6.45, 7) is 17.2. The van der Waals surface area contributed by atoms with Crippen molar-refractivity contribution in [3.63, 3.8) is 0 Å². The van der Waals surface area contributed by atoms with Gasteiger partial charge in [0.1, 0.15) is 22.5 Å². The highest BCUT2D eigenvalue weighted by Gasteiger charge is 2.37. The molecule has 1 aromatic carbocycles. The maximum atomic E-state index is 13.5. The van der Waals surface area contributed by atoms with Gasteiger partial charge in [0.2, 0.25) is 0 Å². The van der Waals surface area contributed by atoms with E-state index in [0.717, 1.165) is 5.56 Å². The summed E-state index contributed by atoms with van der Waals surface area (Å²) in [5.74, 6) is -0.172. The molecule has 0 N–H and O–H groups in total. The third kappa shape index (κ3) is 7.33. The molecule has 0 atom stereocenters. The Morgan fingerprint density at radius 2 is 1.38 bits per heavy atom. The van der Waals surface area contributed by atoms with Crippen LogP contribution in [0.3, 0.4) is 0 Å². The van der Waals surface area contributed by atoms with E-state index in [1.54, 1.807) is 82.3 Å². The molecule has 0 radical (unpaired) electrons. The molecule has 0 fully saturated rings. The lowest BCUT2D eigenvalue weighted by Crippen LogP contribution is -2.45. The zero-order valence-electron chi connectivity index (χ0n) is 24.5. The van der Waals surface area contributed by atoms with E-state index < -0.39 is 35.1 Å². The van der Waals surface area contributed by atoms with E-state index in [1.165, 1.54) is 10.8 Å². The fourth-order valence-corrected chi connectivity index (χ4v) is 3.48. The van der Waals surface area contributed by atoms with E-state index in [2.05, 4.69) is 15.0 Å². The van der Waals surface area contributed by atoms with Gasteiger partial charge in [-0.05, 0) is 86.9 Å². The second-order valence-corrected chi connectivity index (χ2v) is 12.2. The number of nitrogens with zero attached hydrogens (tertiary/aromatic N) is 5. The molecule has 0 unspecified atom stereocenters. The Balaban J connectivity index is 2.34. The summed E-state index contributed by atoms with van der Waals surface area (Å²) in [5.41, 5.74) is -0.389. The van der Waals surface area contributed by atoms with Crippen LogP contribution in [0.2, 0.25) is 0 Å². The zero-order valence-corrected chi connectivity index (χ0v) is 24.5. The van der Waals surface area contributed by atoms with Gasteiger partial charge in [0.25, 0.3) is 0 Å². The SMILES string of the molecule is Bc1cnc(N(C(=O)OC(C)(C)C)C(=O)OC(C)(C)C)c(-c2nc3ccc(C)cc3n2C(=O)OC(C)(C)C)n1. The molecule has 0 saturated heterocycles. The first-order valence-corrected chi connectivity index (χ1v) is 12.6. The highest BCUT2D eigenvalue weighted by Crippen LogP contribution is 2.32. The number of imide groups is 1. The average molecular weight is 537 g/mol. The normalized spacial score (nSPS) is 12.3. The number of fused-ring (bicyclic) bond motifs is 1. The molecule has 12 heteroatoms. The summed E-state index contributed by atoms with van der Waals surface area (Å²) in [6.07, 6.45) is -1.36. The number of aromatic nitrogens is 4. The summed E-state index contributed by atoms with van der Waals surface area (Å²) in [7, 11) is 1.69. The van der Waals surface area contributed by atoms with Crippen LogP contribution in [0.25, 0.3) is 22.6 Å². The van der Waals surface area contributed by atoms with E-state index in [-0.39, 0.29) is 17.3 Å². The molecular formula is C27H36BN5O6. The van der Waals surface area contributed by atoms with Crippen molar-refractivity contribution in [3.8, 4) is 11.5 Å². The van der Waals surface area contributed by atoms with Crippen LogP contribution < -0.4 is 10.5 Å². The highest BCUT2D eigenvalue weighted by molar-refractivity contribution is 6.30. The lowest BCUT2D eigenvalue weighted by molar-refractivity contribution is 0.0427. The molecule has 3 rings (SSSR count). The van der Waals surface area contributed by atoms with Gasteiger partial charge in [0, 0.05) is 11.8 Å². The predicted molar refractivity (Wildman–Crippen MR) is 150 cm³/mol. The van der Waals surface area contributed by atoms with Crippen LogP contribution in [0.5, 0.6) is 0 Å². The molecule has 0 aliphatic carbocycles. The first kappa shape index (κ1) is 29.6. The molecule has 0 bridgehead atoms. The number of benzene rings is 1. The summed E-state index contributed by atoms with van der Waals surface area (Å²) < 4.78 is 18.0. The van der Waals surface area contributed by atoms with Crippen molar-refractivity contribution in [1.29, 1.82) is 0 Å². The number of rotatable bonds is 2. The number of carbonyl (C=O) groups is 3. The molecule has 2 amide bonds. The smallest absolute Gasteiger partial charge is 0.425 e. The molecule has 2 heterocycles. The van der Waals surface area contributed by atoms with Gasteiger partial charge < -0.3 is 14.2 Å². The molecule has 3 aromatic rings. The second kappa shape index (κ2) is 10.3. The standard InChI is InChI=1S/C27H36BN5O6/c1-15-11-12-16-17(13-15)32(22(34)37-25(2,3)4)21(30-16)19-20(29-14-18(28)31-19)33(23(35)38-26(5,6)7)24(36)39-27(8,9)10/h11-14H,28H2,1-10H3. The molecule has 0 aliphatic rings. The predicted octanol–water partition coefficient (Wildman–Crippen LogP) is 4.52. The van der Waals surface area contributed by atoms with Crippen molar-refractivity contribution in [2.45, 2.75) is 86.0 Å². The third-order valence-electron chi connectivity index (χ3n) is 4.84.